The Morgan fingerprint density at radius 3 is 2.25 bits per heavy atom. The third kappa shape index (κ3) is 7.40. The number of carbonyl (C=O) groups is 3. The van der Waals surface area contributed by atoms with Gasteiger partial charge in [-0.2, -0.15) is 0 Å². The normalized spacial score (nSPS) is 13.0. The lowest BCUT2D eigenvalue weighted by molar-refractivity contribution is -0.150. The number of ether oxygens (including phenoxy) is 2. The minimum absolute atomic E-state index is 0.0363. The van der Waals surface area contributed by atoms with E-state index < -0.39 is 0 Å². The summed E-state index contributed by atoms with van der Waals surface area (Å²) in [7, 11) is 0. The van der Waals surface area contributed by atoms with E-state index in [1.807, 2.05) is 30.3 Å². The summed E-state index contributed by atoms with van der Waals surface area (Å²) >= 11 is 0. The van der Waals surface area contributed by atoms with Crippen molar-refractivity contribution in [1.82, 2.24) is 0 Å². The van der Waals surface area contributed by atoms with Crippen molar-refractivity contribution in [2.45, 2.75) is 46.6 Å². The Kier molecular flexibility index (Phi) is 8.76. The second kappa shape index (κ2) is 10.6. The van der Waals surface area contributed by atoms with Crippen LogP contribution in [-0.4, -0.2) is 24.3 Å². The largest absolute Gasteiger partial charge is 0.466 e. The molecule has 0 saturated carbocycles. The summed E-state index contributed by atoms with van der Waals surface area (Å²) in [5.74, 6) is -1.38. The van der Waals surface area contributed by atoms with Gasteiger partial charge in [-0.15, -0.1) is 0 Å². The quantitative estimate of drug-likeness (QED) is 0.614. The van der Waals surface area contributed by atoms with E-state index in [4.69, 9.17) is 9.47 Å². The zero-order valence-corrected chi connectivity index (χ0v) is 14.6. The van der Waals surface area contributed by atoms with Gasteiger partial charge in [0.05, 0.1) is 18.9 Å². The van der Waals surface area contributed by atoms with Crippen LogP contribution >= 0.6 is 0 Å². The van der Waals surface area contributed by atoms with Gasteiger partial charge in [0, 0.05) is 12.3 Å². The topological polar surface area (TPSA) is 69.7 Å². The Morgan fingerprint density at radius 1 is 0.958 bits per heavy atom. The zero-order chi connectivity index (χ0) is 17.9. The molecule has 0 N–H and O–H groups in total. The zero-order valence-electron chi connectivity index (χ0n) is 14.6. The number of Topliss-reactive ketones (excluding diaryl/α,β-unsaturated/α-hetero) is 1. The fourth-order valence-corrected chi connectivity index (χ4v) is 2.33. The van der Waals surface area contributed by atoms with Gasteiger partial charge in [-0.25, -0.2) is 0 Å². The first-order valence-corrected chi connectivity index (χ1v) is 8.32. The smallest absolute Gasteiger partial charge is 0.309 e. The monoisotopic (exact) mass is 334 g/mol. The molecule has 0 aliphatic rings. The summed E-state index contributed by atoms with van der Waals surface area (Å²) in [4.78, 5) is 35.3. The highest BCUT2D eigenvalue weighted by atomic mass is 16.5. The molecule has 0 fully saturated rings. The third-order valence-corrected chi connectivity index (χ3v) is 3.76. The van der Waals surface area contributed by atoms with Crippen LogP contribution in [0.2, 0.25) is 0 Å². The van der Waals surface area contributed by atoms with Gasteiger partial charge < -0.3 is 9.47 Å². The van der Waals surface area contributed by atoms with Crippen LogP contribution in [0.3, 0.4) is 0 Å². The van der Waals surface area contributed by atoms with E-state index in [0.29, 0.717) is 13.0 Å². The lowest BCUT2D eigenvalue weighted by Crippen LogP contribution is -2.21. The summed E-state index contributed by atoms with van der Waals surface area (Å²) < 4.78 is 10.1. The van der Waals surface area contributed by atoms with Gasteiger partial charge >= 0.3 is 11.9 Å². The van der Waals surface area contributed by atoms with Crippen molar-refractivity contribution in [3.8, 4) is 0 Å². The third-order valence-electron chi connectivity index (χ3n) is 3.76. The van der Waals surface area contributed by atoms with Crippen molar-refractivity contribution in [2.75, 3.05) is 6.61 Å². The average molecular weight is 334 g/mol. The maximum absolute atomic E-state index is 12.0. The van der Waals surface area contributed by atoms with Crippen molar-refractivity contribution >= 4 is 17.7 Å². The molecule has 0 radical (unpaired) electrons. The maximum Gasteiger partial charge on any atom is 0.309 e. The summed E-state index contributed by atoms with van der Waals surface area (Å²) in [5.41, 5.74) is 0.927. The highest BCUT2D eigenvalue weighted by Gasteiger charge is 2.22. The molecule has 0 aromatic heterocycles. The van der Waals surface area contributed by atoms with Crippen LogP contribution in [0, 0.1) is 11.8 Å². The summed E-state index contributed by atoms with van der Waals surface area (Å²) in [6.07, 6.45) is 0.644. The van der Waals surface area contributed by atoms with Crippen LogP contribution in [0.15, 0.2) is 30.3 Å². The molecule has 5 heteroatoms. The molecule has 1 aromatic carbocycles. The first-order valence-electron chi connectivity index (χ1n) is 8.32. The summed E-state index contributed by atoms with van der Waals surface area (Å²) in [6, 6.07) is 9.45. The number of carbonyl (C=O) groups excluding carboxylic acids is 3. The predicted octanol–water partition coefficient (Wildman–Crippen LogP) is 3.30. The Balaban J connectivity index is 2.33. The number of hydrogen-bond acceptors (Lipinski definition) is 5. The van der Waals surface area contributed by atoms with Gasteiger partial charge in [-0.1, -0.05) is 44.2 Å². The first-order chi connectivity index (χ1) is 11.4. The average Bonchev–Trinajstić information content (AvgIpc) is 2.58. The van der Waals surface area contributed by atoms with Gasteiger partial charge in [-0.05, 0) is 18.9 Å². The summed E-state index contributed by atoms with van der Waals surface area (Å²) in [5, 5.41) is 0. The Labute approximate surface area is 143 Å². The number of benzene rings is 1. The Morgan fingerprint density at radius 2 is 1.62 bits per heavy atom. The second-order valence-electron chi connectivity index (χ2n) is 5.90. The standard InChI is InChI=1S/C19H26O5/c1-4-23-18(21)11-10-17(20)14(2)12-15(3)19(22)24-13-16-8-6-5-7-9-16/h5-9,14-15H,4,10-13H2,1-3H3/t14-,15+/m0/s1. The summed E-state index contributed by atoms with van der Waals surface area (Å²) in [6.45, 7) is 5.80. The number of rotatable bonds is 10. The molecule has 5 nitrogen and oxygen atoms in total. The molecule has 0 bridgehead atoms. The minimum Gasteiger partial charge on any atom is -0.466 e. The lowest BCUT2D eigenvalue weighted by atomic mass is 9.92. The molecule has 0 unspecified atom stereocenters. The number of ketones is 1. The highest BCUT2D eigenvalue weighted by molar-refractivity contribution is 5.85. The van der Waals surface area contributed by atoms with E-state index in [0.717, 1.165) is 5.56 Å². The highest BCUT2D eigenvalue weighted by Crippen LogP contribution is 2.17. The molecule has 0 spiro atoms. The van der Waals surface area contributed by atoms with Crippen molar-refractivity contribution in [3.63, 3.8) is 0 Å². The fourth-order valence-electron chi connectivity index (χ4n) is 2.33. The molecule has 132 valence electrons. The molecule has 0 aliphatic heterocycles. The number of hydrogen-bond donors (Lipinski definition) is 0. The minimum atomic E-state index is -0.367. The van der Waals surface area contributed by atoms with Crippen LogP contribution in [0.4, 0.5) is 0 Å². The molecule has 24 heavy (non-hydrogen) atoms. The fraction of sp³-hybridized carbons (Fsp3) is 0.526. The van der Waals surface area contributed by atoms with E-state index in [1.165, 1.54) is 0 Å². The predicted molar refractivity (Wildman–Crippen MR) is 90.1 cm³/mol. The molecule has 0 heterocycles. The van der Waals surface area contributed by atoms with Crippen LogP contribution in [0.1, 0.15) is 45.6 Å². The van der Waals surface area contributed by atoms with Crippen molar-refractivity contribution in [2.24, 2.45) is 11.8 Å². The van der Waals surface area contributed by atoms with Gasteiger partial charge in [0.1, 0.15) is 12.4 Å². The van der Waals surface area contributed by atoms with Crippen LogP contribution in [-0.2, 0) is 30.5 Å². The van der Waals surface area contributed by atoms with E-state index in [-0.39, 0.29) is 49.0 Å². The van der Waals surface area contributed by atoms with E-state index in [1.54, 1.807) is 20.8 Å². The van der Waals surface area contributed by atoms with Crippen molar-refractivity contribution < 1.29 is 23.9 Å². The first kappa shape index (κ1) is 19.9. The maximum atomic E-state index is 12.0. The Hall–Kier alpha value is -2.17. The molecular formula is C19H26O5. The second-order valence-corrected chi connectivity index (χ2v) is 5.90. The van der Waals surface area contributed by atoms with Gasteiger partial charge in [-0.3, -0.25) is 14.4 Å². The van der Waals surface area contributed by atoms with Gasteiger partial charge in [0.25, 0.3) is 0 Å². The lowest BCUT2D eigenvalue weighted by Gasteiger charge is -2.15. The van der Waals surface area contributed by atoms with Gasteiger partial charge in [0.2, 0.25) is 0 Å². The van der Waals surface area contributed by atoms with E-state index >= 15 is 0 Å². The molecule has 0 aliphatic carbocycles. The molecule has 1 rings (SSSR count). The molecule has 0 saturated heterocycles. The number of esters is 2. The van der Waals surface area contributed by atoms with Gasteiger partial charge in [0.15, 0.2) is 0 Å². The van der Waals surface area contributed by atoms with E-state index in [9.17, 15) is 14.4 Å². The van der Waals surface area contributed by atoms with Crippen molar-refractivity contribution in [3.05, 3.63) is 35.9 Å². The van der Waals surface area contributed by atoms with E-state index in [2.05, 4.69) is 0 Å². The molecule has 0 amide bonds. The van der Waals surface area contributed by atoms with Crippen LogP contribution < -0.4 is 0 Å². The molecular weight excluding hydrogens is 308 g/mol. The SMILES string of the molecule is CCOC(=O)CCC(=O)[C@@H](C)C[C@@H](C)C(=O)OCc1ccccc1. The Bertz CT molecular complexity index is 538. The van der Waals surface area contributed by atoms with Crippen LogP contribution in [0.5, 0.6) is 0 Å². The van der Waals surface area contributed by atoms with Crippen molar-refractivity contribution in [1.29, 1.82) is 0 Å². The molecule has 2 atom stereocenters. The molecule has 1 aromatic rings. The van der Waals surface area contributed by atoms with Crippen LogP contribution in [0.25, 0.3) is 0 Å².